The summed E-state index contributed by atoms with van der Waals surface area (Å²) in [5, 5.41) is 3.45. The third-order valence-electron chi connectivity index (χ3n) is 2.52. The van der Waals surface area contributed by atoms with Gasteiger partial charge in [0, 0.05) is 0 Å². The fraction of sp³-hybridized carbons (Fsp3) is 1.00. The molecular formula is C7H16N2. The Morgan fingerprint density at radius 2 is 1.56 bits per heavy atom. The monoisotopic (exact) mass is 128 g/mol. The van der Waals surface area contributed by atoms with Crippen LogP contribution in [0.25, 0.3) is 0 Å². The van der Waals surface area contributed by atoms with Crippen LogP contribution in [0.1, 0.15) is 19.3 Å². The molecule has 2 nitrogen and oxygen atoms in total. The summed E-state index contributed by atoms with van der Waals surface area (Å²) >= 11 is 0. The highest BCUT2D eigenvalue weighted by atomic mass is 14.9. The van der Waals surface area contributed by atoms with Crippen LogP contribution in [0, 0.1) is 11.8 Å². The van der Waals surface area contributed by atoms with Crippen molar-refractivity contribution >= 4 is 0 Å². The molecule has 0 amide bonds. The Balaban J connectivity index is 0.000000405. The number of hydrogen-bond donors (Lipinski definition) is 2. The molecule has 2 aliphatic rings. The molecule has 2 unspecified atom stereocenters. The maximum absolute atomic E-state index is 3.45. The normalized spacial score (nSPS) is 40.0. The average molecular weight is 128 g/mol. The third kappa shape index (κ3) is 1.25. The quantitative estimate of drug-likeness (QED) is 0.514. The molecule has 0 aromatic rings. The third-order valence-corrected chi connectivity index (χ3v) is 2.52. The maximum Gasteiger partial charge on any atom is -0.00203 e. The Hall–Kier alpha value is -0.0800. The first kappa shape index (κ1) is 7.03. The minimum atomic E-state index is 0. The molecule has 2 heteroatoms. The van der Waals surface area contributed by atoms with Crippen molar-refractivity contribution in [3.05, 3.63) is 0 Å². The van der Waals surface area contributed by atoms with Gasteiger partial charge in [-0.25, -0.2) is 0 Å². The van der Waals surface area contributed by atoms with Gasteiger partial charge in [-0.2, -0.15) is 0 Å². The lowest BCUT2D eigenvalue weighted by molar-refractivity contribution is 0.379. The van der Waals surface area contributed by atoms with Crippen LogP contribution in [0.5, 0.6) is 0 Å². The molecule has 0 aromatic carbocycles. The molecule has 1 heterocycles. The highest BCUT2D eigenvalue weighted by molar-refractivity contribution is 4.82. The van der Waals surface area contributed by atoms with Crippen LogP contribution >= 0.6 is 0 Å². The molecule has 2 rings (SSSR count). The number of nitrogens with one attached hydrogen (secondary N) is 1. The van der Waals surface area contributed by atoms with Crippen molar-refractivity contribution < 1.29 is 0 Å². The summed E-state index contributed by atoms with van der Waals surface area (Å²) < 4.78 is 0. The van der Waals surface area contributed by atoms with E-state index >= 15 is 0 Å². The summed E-state index contributed by atoms with van der Waals surface area (Å²) in [6.07, 6.45) is 4.52. The molecule has 4 N–H and O–H groups in total. The molecule has 1 saturated carbocycles. The molecule has 2 atom stereocenters. The SMILES string of the molecule is C1CC2CNCC1C2.N. The van der Waals surface area contributed by atoms with E-state index in [-0.39, 0.29) is 6.15 Å². The van der Waals surface area contributed by atoms with Gasteiger partial charge in [-0.05, 0) is 44.2 Å². The van der Waals surface area contributed by atoms with E-state index in [2.05, 4.69) is 5.32 Å². The first-order valence-corrected chi connectivity index (χ1v) is 3.66. The van der Waals surface area contributed by atoms with Crippen molar-refractivity contribution in [2.45, 2.75) is 19.3 Å². The second-order valence-electron chi connectivity index (χ2n) is 3.20. The van der Waals surface area contributed by atoms with Crippen LogP contribution in [-0.2, 0) is 0 Å². The van der Waals surface area contributed by atoms with E-state index in [9.17, 15) is 0 Å². The summed E-state index contributed by atoms with van der Waals surface area (Å²) in [6, 6.07) is 0. The van der Waals surface area contributed by atoms with Gasteiger partial charge in [0.15, 0.2) is 0 Å². The molecule has 1 aliphatic carbocycles. The predicted molar refractivity (Wildman–Crippen MR) is 38.7 cm³/mol. The van der Waals surface area contributed by atoms with Gasteiger partial charge in [0.25, 0.3) is 0 Å². The Kier molecular flexibility index (Phi) is 2.09. The van der Waals surface area contributed by atoms with Crippen molar-refractivity contribution in [3.63, 3.8) is 0 Å². The summed E-state index contributed by atoms with van der Waals surface area (Å²) in [7, 11) is 0. The maximum atomic E-state index is 3.45. The van der Waals surface area contributed by atoms with Crippen LogP contribution in [0.3, 0.4) is 0 Å². The van der Waals surface area contributed by atoms with Crippen molar-refractivity contribution in [3.8, 4) is 0 Å². The Morgan fingerprint density at radius 3 is 2.00 bits per heavy atom. The molecule has 54 valence electrons. The Morgan fingerprint density at radius 1 is 1.00 bits per heavy atom. The van der Waals surface area contributed by atoms with Gasteiger partial charge in [-0.1, -0.05) is 0 Å². The van der Waals surface area contributed by atoms with Crippen LogP contribution in [0.4, 0.5) is 0 Å². The van der Waals surface area contributed by atoms with Gasteiger partial charge in [-0.15, -0.1) is 0 Å². The molecule has 1 aliphatic heterocycles. The van der Waals surface area contributed by atoms with Crippen molar-refractivity contribution in [1.82, 2.24) is 11.5 Å². The van der Waals surface area contributed by atoms with Crippen LogP contribution in [0.2, 0.25) is 0 Å². The fourth-order valence-corrected chi connectivity index (χ4v) is 2.04. The lowest BCUT2D eigenvalue weighted by Gasteiger charge is -2.18. The summed E-state index contributed by atoms with van der Waals surface area (Å²) in [5.41, 5.74) is 0. The summed E-state index contributed by atoms with van der Waals surface area (Å²) in [5.74, 6) is 2.10. The molecule has 0 spiro atoms. The van der Waals surface area contributed by atoms with Crippen LogP contribution < -0.4 is 11.5 Å². The molecule has 9 heavy (non-hydrogen) atoms. The molecular weight excluding hydrogens is 112 g/mol. The predicted octanol–water partition coefficient (Wildman–Crippen LogP) is 1.17. The van der Waals surface area contributed by atoms with Crippen molar-refractivity contribution in [2.24, 2.45) is 11.8 Å². The topological polar surface area (TPSA) is 47.0 Å². The van der Waals surface area contributed by atoms with Gasteiger partial charge in [-0.3, -0.25) is 0 Å². The molecule has 0 radical (unpaired) electrons. The van der Waals surface area contributed by atoms with E-state index in [4.69, 9.17) is 0 Å². The second kappa shape index (κ2) is 2.67. The largest absolute Gasteiger partial charge is 0.344 e. The standard InChI is InChI=1S/C7H13N.H3N/c1-2-7-3-6(1)4-8-5-7;/h6-8H,1-5H2;1H3. The zero-order valence-electron chi connectivity index (χ0n) is 5.90. The fourth-order valence-electron chi connectivity index (χ4n) is 2.04. The molecule has 0 aromatic heterocycles. The number of rotatable bonds is 0. The minimum Gasteiger partial charge on any atom is -0.344 e. The molecule has 2 bridgehead atoms. The number of fused-ring (bicyclic) bond motifs is 2. The van der Waals surface area contributed by atoms with Gasteiger partial charge in [0.05, 0.1) is 0 Å². The second-order valence-corrected chi connectivity index (χ2v) is 3.20. The van der Waals surface area contributed by atoms with Gasteiger partial charge >= 0.3 is 0 Å². The highest BCUT2D eigenvalue weighted by Gasteiger charge is 2.27. The van der Waals surface area contributed by atoms with Crippen molar-refractivity contribution in [2.75, 3.05) is 13.1 Å². The zero-order valence-corrected chi connectivity index (χ0v) is 5.90. The van der Waals surface area contributed by atoms with Crippen LogP contribution in [-0.4, -0.2) is 13.1 Å². The Labute approximate surface area is 56.6 Å². The van der Waals surface area contributed by atoms with Crippen LogP contribution in [0.15, 0.2) is 0 Å². The van der Waals surface area contributed by atoms with E-state index in [0.29, 0.717) is 0 Å². The van der Waals surface area contributed by atoms with Gasteiger partial charge < -0.3 is 11.5 Å². The van der Waals surface area contributed by atoms with E-state index in [1.165, 1.54) is 32.4 Å². The summed E-state index contributed by atoms with van der Waals surface area (Å²) in [6.45, 7) is 2.60. The van der Waals surface area contributed by atoms with Gasteiger partial charge in [0.1, 0.15) is 0 Å². The lowest BCUT2D eigenvalue weighted by Crippen LogP contribution is -2.30. The highest BCUT2D eigenvalue weighted by Crippen LogP contribution is 2.32. The first-order chi connectivity index (χ1) is 3.95. The zero-order chi connectivity index (χ0) is 5.40. The first-order valence-electron chi connectivity index (χ1n) is 3.66. The Bertz CT molecular complexity index is 78.9. The molecule has 2 fully saturated rings. The number of hydrogen-bond acceptors (Lipinski definition) is 2. The van der Waals surface area contributed by atoms with E-state index in [1.807, 2.05) is 0 Å². The van der Waals surface area contributed by atoms with E-state index in [1.54, 1.807) is 0 Å². The van der Waals surface area contributed by atoms with E-state index < -0.39 is 0 Å². The number of piperidine rings is 1. The van der Waals surface area contributed by atoms with E-state index in [0.717, 1.165) is 11.8 Å². The van der Waals surface area contributed by atoms with Crippen molar-refractivity contribution in [1.29, 1.82) is 0 Å². The van der Waals surface area contributed by atoms with Gasteiger partial charge in [0.2, 0.25) is 0 Å². The smallest absolute Gasteiger partial charge is 0.00203 e. The summed E-state index contributed by atoms with van der Waals surface area (Å²) in [4.78, 5) is 0. The average Bonchev–Trinajstić information content (AvgIpc) is 2.12. The minimum absolute atomic E-state index is 0. The molecule has 1 saturated heterocycles. The lowest BCUT2D eigenvalue weighted by atomic mass is 10.0.